The van der Waals surface area contributed by atoms with Gasteiger partial charge in [0, 0.05) is 61.4 Å². The van der Waals surface area contributed by atoms with Crippen LogP contribution >= 0.6 is 24.0 Å². The minimum absolute atomic E-state index is 0. The van der Waals surface area contributed by atoms with Gasteiger partial charge in [0.15, 0.2) is 5.96 Å². The smallest absolute Gasteiger partial charge is 0.191 e. The number of aliphatic imine (C=N–C) groups is 1. The highest BCUT2D eigenvalue weighted by Crippen LogP contribution is 2.52. The van der Waals surface area contributed by atoms with Crippen LogP contribution in [0.4, 0.5) is 5.69 Å². The lowest BCUT2D eigenvalue weighted by molar-refractivity contribution is -0.106. The number of hydrogen-bond donors (Lipinski definition) is 2. The van der Waals surface area contributed by atoms with E-state index in [9.17, 15) is 0 Å². The molecular formula is C23H37IN4O2. The molecule has 30 heavy (non-hydrogen) atoms. The van der Waals surface area contributed by atoms with Gasteiger partial charge in [0.25, 0.3) is 0 Å². The van der Waals surface area contributed by atoms with Gasteiger partial charge in [0.1, 0.15) is 5.75 Å². The second-order valence-electron chi connectivity index (χ2n) is 9.14. The first kappa shape index (κ1) is 23.4. The Balaban J connectivity index is 0.00000256. The third kappa shape index (κ3) is 4.66. The summed E-state index contributed by atoms with van der Waals surface area (Å²) >= 11 is 0. The second kappa shape index (κ2) is 9.94. The number of ether oxygens (including phenoxy) is 2. The summed E-state index contributed by atoms with van der Waals surface area (Å²) in [6.07, 6.45) is 3.87. The summed E-state index contributed by atoms with van der Waals surface area (Å²) in [5.74, 6) is 2.47. The SMILES string of the molecule is CCN=C(NC1CCCN(c2cccc(OC)c2)C1)NC1C2CCOC2C1(C)C.I. The first-order valence-electron chi connectivity index (χ1n) is 11.1. The molecular weight excluding hydrogens is 491 g/mol. The predicted octanol–water partition coefficient (Wildman–Crippen LogP) is 3.65. The Morgan fingerprint density at radius 1 is 1.30 bits per heavy atom. The number of anilines is 1. The van der Waals surface area contributed by atoms with Crippen molar-refractivity contribution in [1.82, 2.24) is 10.6 Å². The summed E-state index contributed by atoms with van der Waals surface area (Å²) in [6, 6.07) is 9.16. The van der Waals surface area contributed by atoms with Crippen LogP contribution in [0.5, 0.6) is 5.75 Å². The highest BCUT2D eigenvalue weighted by atomic mass is 127. The number of nitrogens with one attached hydrogen (secondary N) is 2. The van der Waals surface area contributed by atoms with Gasteiger partial charge in [-0.05, 0) is 38.3 Å². The van der Waals surface area contributed by atoms with E-state index in [0.29, 0.717) is 24.1 Å². The number of halogens is 1. The summed E-state index contributed by atoms with van der Waals surface area (Å²) in [6.45, 7) is 10.4. The molecule has 0 amide bonds. The summed E-state index contributed by atoms with van der Waals surface area (Å²) in [7, 11) is 1.72. The van der Waals surface area contributed by atoms with E-state index in [0.717, 1.165) is 50.8 Å². The standard InChI is InChI=1S/C23H36N4O2.HI/c1-5-24-22(26-20-19-11-13-29-21(19)23(20,2)3)25-16-8-7-12-27(15-16)17-9-6-10-18(14-17)28-4;/h6,9-10,14,16,19-21H,5,7-8,11-13,15H2,1-4H3,(H2,24,25,26);1H. The van der Waals surface area contributed by atoms with Gasteiger partial charge in [-0.25, -0.2) is 0 Å². The van der Waals surface area contributed by atoms with Crippen molar-refractivity contribution in [2.45, 2.75) is 58.2 Å². The van der Waals surface area contributed by atoms with Crippen molar-refractivity contribution in [1.29, 1.82) is 0 Å². The quantitative estimate of drug-likeness (QED) is 0.347. The monoisotopic (exact) mass is 528 g/mol. The Morgan fingerprint density at radius 3 is 2.90 bits per heavy atom. The summed E-state index contributed by atoms with van der Waals surface area (Å²) < 4.78 is 11.4. The molecule has 0 aromatic heterocycles. The predicted molar refractivity (Wildman–Crippen MR) is 133 cm³/mol. The summed E-state index contributed by atoms with van der Waals surface area (Å²) in [5, 5.41) is 7.48. The van der Waals surface area contributed by atoms with Crippen LogP contribution in [0.25, 0.3) is 0 Å². The number of rotatable bonds is 5. The number of hydrogen-bond acceptors (Lipinski definition) is 4. The highest BCUT2D eigenvalue weighted by Gasteiger charge is 2.59. The van der Waals surface area contributed by atoms with Crippen molar-refractivity contribution in [2.75, 3.05) is 38.3 Å². The molecule has 3 fully saturated rings. The number of methoxy groups -OCH3 is 1. The lowest BCUT2D eigenvalue weighted by atomic mass is 9.57. The third-order valence-electron chi connectivity index (χ3n) is 6.89. The Morgan fingerprint density at radius 2 is 2.13 bits per heavy atom. The van der Waals surface area contributed by atoms with E-state index in [1.807, 2.05) is 6.07 Å². The van der Waals surface area contributed by atoms with Crippen LogP contribution in [-0.4, -0.2) is 57.5 Å². The molecule has 1 saturated carbocycles. The van der Waals surface area contributed by atoms with Gasteiger partial charge in [0.05, 0.1) is 13.2 Å². The topological polar surface area (TPSA) is 58.1 Å². The zero-order chi connectivity index (χ0) is 20.4. The zero-order valence-electron chi connectivity index (χ0n) is 18.7. The largest absolute Gasteiger partial charge is 0.497 e. The molecule has 0 bridgehead atoms. The summed E-state index contributed by atoms with van der Waals surface area (Å²) in [5.41, 5.74) is 1.38. The number of piperidine rings is 1. The highest BCUT2D eigenvalue weighted by molar-refractivity contribution is 14.0. The van der Waals surface area contributed by atoms with Gasteiger partial charge in [0.2, 0.25) is 0 Å². The molecule has 7 heteroatoms. The molecule has 0 radical (unpaired) electrons. The molecule has 2 N–H and O–H groups in total. The Labute approximate surface area is 198 Å². The minimum atomic E-state index is 0. The van der Waals surface area contributed by atoms with Crippen LogP contribution in [0.15, 0.2) is 29.3 Å². The fraction of sp³-hybridized carbons (Fsp3) is 0.696. The van der Waals surface area contributed by atoms with Crippen molar-refractivity contribution in [3.8, 4) is 5.75 Å². The van der Waals surface area contributed by atoms with Crippen molar-refractivity contribution >= 4 is 35.6 Å². The first-order valence-corrected chi connectivity index (χ1v) is 11.1. The first-order chi connectivity index (χ1) is 14.0. The molecule has 4 rings (SSSR count). The average molecular weight is 528 g/mol. The Hall–Kier alpha value is -1.22. The van der Waals surface area contributed by atoms with Crippen molar-refractivity contribution in [2.24, 2.45) is 16.3 Å². The van der Waals surface area contributed by atoms with Crippen LogP contribution in [0.1, 0.15) is 40.0 Å². The van der Waals surface area contributed by atoms with E-state index in [-0.39, 0.29) is 29.4 Å². The minimum Gasteiger partial charge on any atom is -0.497 e. The van der Waals surface area contributed by atoms with Crippen molar-refractivity contribution in [3.05, 3.63) is 24.3 Å². The van der Waals surface area contributed by atoms with E-state index >= 15 is 0 Å². The number of nitrogens with zero attached hydrogens (tertiary/aromatic N) is 2. The molecule has 168 valence electrons. The van der Waals surface area contributed by atoms with E-state index in [2.05, 4.69) is 54.5 Å². The van der Waals surface area contributed by atoms with E-state index in [4.69, 9.17) is 14.5 Å². The molecule has 1 aromatic rings. The van der Waals surface area contributed by atoms with Gasteiger partial charge >= 0.3 is 0 Å². The maximum atomic E-state index is 5.95. The normalized spacial score (nSPS) is 30.0. The molecule has 1 aromatic carbocycles. The van der Waals surface area contributed by atoms with Gasteiger partial charge < -0.3 is 25.0 Å². The molecule has 2 saturated heterocycles. The van der Waals surface area contributed by atoms with Crippen LogP contribution in [0.2, 0.25) is 0 Å². The van der Waals surface area contributed by atoms with Crippen LogP contribution < -0.4 is 20.3 Å². The molecule has 4 atom stereocenters. The van der Waals surface area contributed by atoms with Crippen LogP contribution in [-0.2, 0) is 4.74 Å². The van der Waals surface area contributed by atoms with E-state index in [1.54, 1.807) is 7.11 Å². The van der Waals surface area contributed by atoms with Gasteiger partial charge in [-0.3, -0.25) is 4.99 Å². The van der Waals surface area contributed by atoms with Crippen molar-refractivity contribution in [3.63, 3.8) is 0 Å². The van der Waals surface area contributed by atoms with E-state index in [1.165, 1.54) is 12.1 Å². The number of fused-ring (bicyclic) bond motifs is 1. The van der Waals surface area contributed by atoms with Gasteiger partial charge in [-0.1, -0.05) is 19.9 Å². The zero-order valence-corrected chi connectivity index (χ0v) is 21.0. The molecule has 2 aliphatic heterocycles. The maximum Gasteiger partial charge on any atom is 0.191 e. The van der Waals surface area contributed by atoms with Crippen molar-refractivity contribution < 1.29 is 9.47 Å². The number of benzene rings is 1. The molecule has 0 spiro atoms. The molecule has 4 unspecified atom stereocenters. The lowest BCUT2D eigenvalue weighted by Crippen LogP contribution is -2.68. The fourth-order valence-electron chi connectivity index (χ4n) is 5.39. The van der Waals surface area contributed by atoms with Crippen LogP contribution in [0.3, 0.4) is 0 Å². The van der Waals surface area contributed by atoms with Crippen LogP contribution in [0, 0.1) is 11.3 Å². The lowest BCUT2D eigenvalue weighted by Gasteiger charge is -2.55. The molecule has 3 aliphatic rings. The van der Waals surface area contributed by atoms with Gasteiger partial charge in [-0.2, -0.15) is 0 Å². The fourth-order valence-corrected chi connectivity index (χ4v) is 5.39. The Kier molecular flexibility index (Phi) is 7.76. The molecule has 2 heterocycles. The third-order valence-corrected chi connectivity index (χ3v) is 6.89. The molecule has 1 aliphatic carbocycles. The van der Waals surface area contributed by atoms with Gasteiger partial charge in [-0.15, -0.1) is 24.0 Å². The molecule has 6 nitrogen and oxygen atoms in total. The average Bonchev–Trinajstić information content (AvgIpc) is 3.20. The number of guanidine groups is 1. The Bertz CT molecular complexity index is 742. The maximum absolute atomic E-state index is 5.95. The second-order valence-corrected chi connectivity index (χ2v) is 9.14. The summed E-state index contributed by atoms with van der Waals surface area (Å²) in [4.78, 5) is 7.21. The van der Waals surface area contributed by atoms with E-state index < -0.39 is 0 Å².